The van der Waals surface area contributed by atoms with E-state index in [0.717, 1.165) is 25.0 Å². The topological polar surface area (TPSA) is 74.8 Å². The molecule has 1 aromatic rings. The van der Waals surface area contributed by atoms with Gasteiger partial charge in [0.05, 0.1) is 13.1 Å². The fourth-order valence-corrected chi connectivity index (χ4v) is 3.49. The number of carbonyl (C=O) groups is 1. The van der Waals surface area contributed by atoms with Crippen molar-refractivity contribution in [2.24, 2.45) is 4.99 Å². The highest BCUT2D eigenvalue weighted by molar-refractivity contribution is 14.0. The van der Waals surface area contributed by atoms with Gasteiger partial charge in [-0.25, -0.2) is 0 Å². The molecule has 3 rings (SSSR count). The molecule has 26 heavy (non-hydrogen) atoms. The third-order valence-electron chi connectivity index (χ3n) is 4.82. The maximum atomic E-state index is 12.1. The van der Waals surface area contributed by atoms with Crippen LogP contribution in [0.15, 0.2) is 29.3 Å². The molecule has 1 aromatic carbocycles. The summed E-state index contributed by atoms with van der Waals surface area (Å²) in [6.45, 7) is 0.889. The molecule has 3 N–H and O–H groups in total. The highest BCUT2D eigenvalue weighted by Crippen LogP contribution is 2.27. The summed E-state index contributed by atoms with van der Waals surface area (Å²) in [6, 6.07) is 8.45. The number of rotatable bonds is 5. The average Bonchev–Trinajstić information content (AvgIpc) is 3.05. The van der Waals surface area contributed by atoms with Crippen molar-refractivity contribution in [3.8, 4) is 5.75 Å². The van der Waals surface area contributed by atoms with Gasteiger partial charge in [0.25, 0.3) is 0 Å². The molecule has 1 aliphatic heterocycles. The summed E-state index contributed by atoms with van der Waals surface area (Å²) in [7, 11) is 1.71. The molecule has 6 nitrogen and oxygen atoms in total. The Morgan fingerprint density at radius 1 is 1.19 bits per heavy atom. The minimum atomic E-state index is 0. The van der Waals surface area contributed by atoms with E-state index in [9.17, 15) is 4.79 Å². The van der Waals surface area contributed by atoms with Gasteiger partial charge in [-0.2, -0.15) is 0 Å². The van der Waals surface area contributed by atoms with Crippen molar-refractivity contribution in [3.63, 3.8) is 0 Å². The number of hydrogen-bond donors (Lipinski definition) is 3. The molecule has 1 unspecified atom stereocenters. The molecule has 0 aromatic heterocycles. The molecule has 0 spiro atoms. The number of benzene rings is 1. The monoisotopic (exact) mass is 472 g/mol. The van der Waals surface area contributed by atoms with Crippen LogP contribution in [0, 0.1) is 0 Å². The Morgan fingerprint density at radius 2 is 1.96 bits per heavy atom. The molecule has 1 fully saturated rings. The molecule has 1 amide bonds. The summed E-state index contributed by atoms with van der Waals surface area (Å²) >= 11 is 0. The number of hydrogen-bond acceptors (Lipinski definition) is 3. The van der Waals surface area contributed by atoms with E-state index in [1.807, 2.05) is 18.2 Å². The Hall–Kier alpha value is -1.51. The van der Waals surface area contributed by atoms with Crippen molar-refractivity contribution in [2.45, 2.75) is 50.7 Å². The van der Waals surface area contributed by atoms with Crippen LogP contribution in [0.1, 0.15) is 37.7 Å². The highest BCUT2D eigenvalue weighted by Gasteiger charge is 2.22. The molecule has 1 aliphatic carbocycles. The second kappa shape index (κ2) is 10.6. The summed E-state index contributed by atoms with van der Waals surface area (Å²) in [5, 5.41) is 9.41. The fourth-order valence-electron chi connectivity index (χ4n) is 3.49. The van der Waals surface area contributed by atoms with Crippen LogP contribution in [-0.2, 0) is 11.2 Å². The lowest BCUT2D eigenvalue weighted by Gasteiger charge is -2.23. The fraction of sp³-hybridized carbons (Fsp3) is 0.579. The predicted molar refractivity (Wildman–Crippen MR) is 114 cm³/mol. The first-order valence-corrected chi connectivity index (χ1v) is 9.23. The van der Waals surface area contributed by atoms with Crippen LogP contribution in [0.2, 0.25) is 0 Å². The third kappa shape index (κ3) is 6.03. The van der Waals surface area contributed by atoms with Crippen molar-refractivity contribution < 1.29 is 9.53 Å². The Labute approximate surface area is 172 Å². The van der Waals surface area contributed by atoms with E-state index in [4.69, 9.17) is 4.74 Å². The maximum absolute atomic E-state index is 12.1. The minimum absolute atomic E-state index is 0. The molecule has 0 saturated heterocycles. The normalized spacial score (nSPS) is 19.7. The lowest BCUT2D eigenvalue weighted by Crippen LogP contribution is -2.47. The SMILES string of the molecule is CN=C(NCC(=O)NC1CCCCC1)NCC1Cc2ccccc2O1.I. The summed E-state index contributed by atoms with van der Waals surface area (Å²) in [4.78, 5) is 16.2. The van der Waals surface area contributed by atoms with Crippen molar-refractivity contribution in [1.29, 1.82) is 0 Å². The van der Waals surface area contributed by atoms with Crippen LogP contribution >= 0.6 is 24.0 Å². The largest absolute Gasteiger partial charge is 0.488 e. The van der Waals surface area contributed by atoms with Gasteiger partial charge in [0.1, 0.15) is 11.9 Å². The molecule has 0 radical (unpaired) electrons. The molecule has 0 bridgehead atoms. The number of ether oxygens (including phenoxy) is 1. The van der Waals surface area contributed by atoms with Crippen molar-refractivity contribution in [2.75, 3.05) is 20.1 Å². The van der Waals surface area contributed by atoms with E-state index in [0.29, 0.717) is 18.5 Å². The number of nitrogens with zero attached hydrogens (tertiary/aromatic N) is 1. The number of halogens is 1. The molecule has 1 atom stereocenters. The van der Waals surface area contributed by atoms with E-state index in [2.05, 4.69) is 27.0 Å². The minimum Gasteiger partial charge on any atom is -0.488 e. The summed E-state index contributed by atoms with van der Waals surface area (Å²) < 4.78 is 5.90. The molecule has 7 heteroatoms. The van der Waals surface area contributed by atoms with Gasteiger partial charge in [0.15, 0.2) is 5.96 Å². The summed E-state index contributed by atoms with van der Waals surface area (Å²) in [5.41, 5.74) is 1.24. The zero-order chi connectivity index (χ0) is 17.5. The number of nitrogens with one attached hydrogen (secondary N) is 3. The Balaban J connectivity index is 0.00000243. The third-order valence-corrected chi connectivity index (χ3v) is 4.82. The van der Waals surface area contributed by atoms with Gasteiger partial charge in [0.2, 0.25) is 5.91 Å². The second-order valence-electron chi connectivity index (χ2n) is 6.76. The van der Waals surface area contributed by atoms with E-state index in [-0.39, 0.29) is 42.5 Å². The van der Waals surface area contributed by atoms with Crippen LogP contribution in [0.4, 0.5) is 0 Å². The van der Waals surface area contributed by atoms with Crippen molar-refractivity contribution in [1.82, 2.24) is 16.0 Å². The van der Waals surface area contributed by atoms with E-state index < -0.39 is 0 Å². The molecule has 1 heterocycles. The Morgan fingerprint density at radius 3 is 2.69 bits per heavy atom. The van der Waals surface area contributed by atoms with E-state index in [1.54, 1.807) is 7.05 Å². The molecule has 144 valence electrons. The Bertz CT molecular complexity index is 592. The molecular formula is C19H29IN4O2. The van der Waals surface area contributed by atoms with Crippen LogP contribution in [0.25, 0.3) is 0 Å². The number of aliphatic imine (C=N–C) groups is 1. The Kier molecular flexibility index (Phi) is 8.47. The zero-order valence-electron chi connectivity index (χ0n) is 15.3. The predicted octanol–water partition coefficient (Wildman–Crippen LogP) is 2.22. The lowest BCUT2D eigenvalue weighted by atomic mass is 9.95. The number of fused-ring (bicyclic) bond motifs is 1. The first-order chi connectivity index (χ1) is 12.2. The van der Waals surface area contributed by atoms with Crippen LogP contribution in [-0.4, -0.2) is 44.1 Å². The van der Waals surface area contributed by atoms with Crippen LogP contribution in [0.3, 0.4) is 0 Å². The smallest absolute Gasteiger partial charge is 0.239 e. The summed E-state index contributed by atoms with van der Waals surface area (Å²) in [5.74, 6) is 1.61. The van der Waals surface area contributed by atoms with Crippen LogP contribution < -0.4 is 20.7 Å². The van der Waals surface area contributed by atoms with Gasteiger partial charge in [-0.3, -0.25) is 9.79 Å². The van der Waals surface area contributed by atoms with Gasteiger partial charge < -0.3 is 20.7 Å². The van der Waals surface area contributed by atoms with Gasteiger partial charge in [-0.05, 0) is 24.5 Å². The van der Waals surface area contributed by atoms with E-state index in [1.165, 1.54) is 24.8 Å². The van der Waals surface area contributed by atoms with Crippen molar-refractivity contribution in [3.05, 3.63) is 29.8 Å². The van der Waals surface area contributed by atoms with Gasteiger partial charge in [-0.15, -0.1) is 24.0 Å². The highest BCUT2D eigenvalue weighted by atomic mass is 127. The molecule has 1 saturated carbocycles. The zero-order valence-corrected chi connectivity index (χ0v) is 17.6. The first-order valence-electron chi connectivity index (χ1n) is 9.23. The van der Waals surface area contributed by atoms with Crippen molar-refractivity contribution >= 4 is 35.8 Å². The van der Waals surface area contributed by atoms with Gasteiger partial charge in [0, 0.05) is 19.5 Å². The van der Waals surface area contributed by atoms with Gasteiger partial charge >= 0.3 is 0 Å². The number of para-hydroxylation sites is 1. The first kappa shape index (κ1) is 20.8. The molecule has 2 aliphatic rings. The number of amides is 1. The quantitative estimate of drug-likeness (QED) is 0.349. The number of carbonyl (C=O) groups excluding carboxylic acids is 1. The van der Waals surface area contributed by atoms with E-state index >= 15 is 0 Å². The van der Waals surface area contributed by atoms with Gasteiger partial charge in [-0.1, -0.05) is 37.5 Å². The lowest BCUT2D eigenvalue weighted by molar-refractivity contribution is -0.120. The summed E-state index contributed by atoms with van der Waals surface area (Å²) in [6.07, 6.45) is 6.89. The molecular weight excluding hydrogens is 443 g/mol. The second-order valence-corrected chi connectivity index (χ2v) is 6.76. The van der Waals surface area contributed by atoms with Crippen LogP contribution in [0.5, 0.6) is 5.75 Å². The average molecular weight is 472 g/mol. The standard InChI is InChI=1S/C19H28N4O2.HI/c1-20-19(22-13-18(24)23-15-8-3-2-4-9-15)21-12-16-11-14-7-5-6-10-17(14)25-16;/h5-7,10,15-16H,2-4,8-9,11-13H2,1H3,(H,23,24)(H2,20,21,22);1H. The number of guanidine groups is 1. The maximum Gasteiger partial charge on any atom is 0.239 e.